The first-order valence-corrected chi connectivity index (χ1v) is 7.20. The maximum Gasteiger partial charge on any atom is 0.348 e. The Morgan fingerprint density at radius 3 is 2.52 bits per heavy atom. The Morgan fingerprint density at radius 1 is 1.00 bits per heavy atom. The summed E-state index contributed by atoms with van der Waals surface area (Å²) in [6.45, 7) is 3.39. The van der Waals surface area contributed by atoms with Gasteiger partial charge < -0.3 is 14.2 Å². The molecular weight excluding hydrogens is 294 g/mol. The van der Waals surface area contributed by atoms with Crippen molar-refractivity contribution in [3.05, 3.63) is 52.4 Å². The van der Waals surface area contributed by atoms with Gasteiger partial charge in [-0.05, 0) is 36.8 Å². The highest BCUT2D eigenvalue weighted by molar-refractivity contribution is 6.13. The number of carbonyl (C=O) groups excluding carboxylic acids is 1. The van der Waals surface area contributed by atoms with E-state index in [4.69, 9.17) is 8.83 Å². The van der Waals surface area contributed by atoms with E-state index in [9.17, 15) is 9.59 Å². The minimum Gasteiger partial charge on any atom is -0.455 e. The molecule has 114 valence electrons. The van der Waals surface area contributed by atoms with E-state index in [-0.39, 0.29) is 5.91 Å². The average Bonchev–Trinajstić information content (AvgIpc) is 2.85. The summed E-state index contributed by atoms with van der Waals surface area (Å²) in [6, 6.07) is 10.8. The monoisotopic (exact) mass is 307 g/mol. The second-order valence-corrected chi connectivity index (χ2v) is 5.59. The molecule has 4 rings (SSSR count). The van der Waals surface area contributed by atoms with Gasteiger partial charge in [0.25, 0.3) is 0 Å². The van der Waals surface area contributed by atoms with Crippen molar-refractivity contribution in [2.45, 2.75) is 13.8 Å². The molecule has 0 unspecified atom stereocenters. The minimum atomic E-state index is -0.449. The Kier molecular flexibility index (Phi) is 2.78. The van der Waals surface area contributed by atoms with Gasteiger partial charge in [-0.25, -0.2) is 4.79 Å². The van der Waals surface area contributed by atoms with Gasteiger partial charge in [0.2, 0.25) is 5.91 Å². The number of hydrogen-bond acceptors (Lipinski definition) is 4. The van der Waals surface area contributed by atoms with Crippen LogP contribution in [0.1, 0.15) is 12.5 Å². The van der Waals surface area contributed by atoms with Gasteiger partial charge >= 0.3 is 5.63 Å². The average molecular weight is 307 g/mol. The highest BCUT2D eigenvalue weighted by Crippen LogP contribution is 2.32. The Hall–Kier alpha value is -3.08. The topological polar surface area (TPSA) is 72.5 Å². The summed E-state index contributed by atoms with van der Waals surface area (Å²) >= 11 is 0. The number of amides is 1. The van der Waals surface area contributed by atoms with E-state index in [1.54, 1.807) is 18.2 Å². The highest BCUT2D eigenvalue weighted by atomic mass is 16.4. The molecule has 2 heterocycles. The Labute approximate surface area is 130 Å². The Balaban J connectivity index is 2.10. The minimum absolute atomic E-state index is 0.188. The first kappa shape index (κ1) is 13.6. The lowest BCUT2D eigenvalue weighted by Crippen LogP contribution is -2.05. The van der Waals surface area contributed by atoms with Gasteiger partial charge in [-0.3, -0.25) is 4.79 Å². The van der Waals surface area contributed by atoms with E-state index in [1.807, 2.05) is 25.1 Å². The molecule has 0 saturated carbocycles. The van der Waals surface area contributed by atoms with Crippen LogP contribution >= 0.6 is 0 Å². The third kappa shape index (κ3) is 2.09. The SMILES string of the molecule is CC(=O)Nc1ccc2c(c1)oc(=O)c1c3ccc(C)cc3oc21. The molecule has 2 aromatic heterocycles. The number of rotatable bonds is 1. The normalized spacial score (nSPS) is 11.4. The van der Waals surface area contributed by atoms with Gasteiger partial charge in [-0.2, -0.15) is 0 Å². The number of furan rings is 1. The maximum absolute atomic E-state index is 12.4. The van der Waals surface area contributed by atoms with Crippen LogP contribution in [-0.4, -0.2) is 5.91 Å². The fourth-order valence-electron chi connectivity index (χ4n) is 2.82. The van der Waals surface area contributed by atoms with Crippen LogP contribution in [0.25, 0.3) is 32.9 Å². The lowest BCUT2D eigenvalue weighted by Gasteiger charge is -2.03. The zero-order valence-corrected chi connectivity index (χ0v) is 12.6. The first-order valence-electron chi connectivity index (χ1n) is 7.20. The summed E-state index contributed by atoms with van der Waals surface area (Å²) in [5.41, 5.74) is 2.72. The van der Waals surface area contributed by atoms with Gasteiger partial charge in [0.15, 0.2) is 5.58 Å². The molecule has 0 bridgehead atoms. The van der Waals surface area contributed by atoms with Gasteiger partial charge in [-0.15, -0.1) is 0 Å². The molecule has 0 aliphatic heterocycles. The second-order valence-electron chi connectivity index (χ2n) is 5.59. The molecule has 0 atom stereocenters. The molecule has 0 fully saturated rings. The summed E-state index contributed by atoms with van der Waals surface area (Å²) in [4.78, 5) is 23.5. The van der Waals surface area contributed by atoms with E-state index >= 15 is 0 Å². The highest BCUT2D eigenvalue weighted by Gasteiger charge is 2.16. The summed E-state index contributed by atoms with van der Waals surface area (Å²) < 4.78 is 11.3. The van der Waals surface area contributed by atoms with Crippen molar-refractivity contribution in [1.29, 1.82) is 0 Å². The molecule has 0 radical (unpaired) electrons. The number of benzene rings is 2. The summed E-state index contributed by atoms with van der Waals surface area (Å²) in [6.07, 6.45) is 0. The van der Waals surface area contributed by atoms with Crippen LogP contribution in [-0.2, 0) is 4.79 Å². The van der Waals surface area contributed by atoms with Crippen LogP contribution in [0.3, 0.4) is 0 Å². The van der Waals surface area contributed by atoms with Gasteiger partial charge in [0.1, 0.15) is 16.6 Å². The van der Waals surface area contributed by atoms with Crippen molar-refractivity contribution in [2.24, 2.45) is 0 Å². The van der Waals surface area contributed by atoms with E-state index < -0.39 is 5.63 Å². The van der Waals surface area contributed by atoms with Gasteiger partial charge in [-0.1, -0.05) is 6.07 Å². The van der Waals surface area contributed by atoms with E-state index in [0.717, 1.165) is 10.9 Å². The zero-order valence-electron chi connectivity index (χ0n) is 12.6. The Morgan fingerprint density at radius 2 is 1.74 bits per heavy atom. The lowest BCUT2D eigenvalue weighted by molar-refractivity contribution is -0.114. The molecule has 0 spiro atoms. The van der Waals surface area contributed by atoms with Crippen molar-refractivity contribution >= 4 is 44.5 Å². The first-order chi connectivity index (χ1) is 11.0. The largest absolute Gasteiger partial charge is 0.455 e. The number of anilines is 1. The predicted octanol–water partition coefficient (Wildman–Crippen LogP) is 3.96. The molecule has 1 N–H and O–H groups in total. The van der Waals surface area contributed by atoms with Gasteiger partial charge in [0, 0.05) is 24.1 Å². The smallest absolute Gasteiger partial charge is 0.348 e. The van der Waals surface area contributed by atoms with Crippen LogP contribution in [0, 0.1) is 6.92 Å². The van der Waals surface area contributed by atoms with Crippen molar-refractivity contribution in [3.63, 3.8) is 0 Å². The van der Waals surface area contributed by atoms with Crippen LogP contribution in [0.5, 0.6) is 0 Å². The van der Waals surface area contributed by atoms with Crippen molar-refractivity contribution in [2.75, 3.05) is 5.32 Å². The van der Waals surface area contributed by atoms with Crippen LogP contribution in [0.2, 0.25) is 0 Å². The second kappa shape index (κ2) is 4.71. The van der Waals surface area contributed by atoms with Crippen LogP contribution in [0.15, 0.2) is 50.0 Å². The van der Waals surface area contributed by atoms with Crippen molar-refractivity contribution in [1.82, 2.24) is 0 Å². The third-order valence-electron chi connectivity index (χ3n) is 3.80. The fraction of sp³-hybridized carbons (Fsp3) is 0.111. The molecule has 0 aliphatic carbocycles. The lowest BCUT2D eigenvalue weighted by atomic mass is 10.1. The third-order valence-corrected chi connectivity index (χ3v) is 3.80. The summed E-state index contributed by atoms with van der Waals surface area (Å²) in [5, 5.41) is 4.55. The summed E-state index contributed by atoms with van der Waals surface area (Å²) in [7, 11) is 0. The molecule has 1 amide bonds. The van der Waals surface area contributed by atoms with E-state index in [0.29, 0.717) is 33.2 Å². The van der Waals surface area contributed by atoms with Crippen molar-refractivity contribution < 1.29 is 13.6 Å². The molecule has 2 aromatic carbocycles. The molecule has 0 saturated heterocycles. The van der Waals surface area contributed by atoms with Crippen molar-refractivity contribution in [3.8, 4) is 0 Å². The predicted molar refractivity (Wildman–Crippen MR) is 88.8 cm³/mol. The van der Waals surface area contributed by atoms with Crippen LogP contribution < -0.4 is 10.9 Å². The van der Waals surface area contributed by atoms with E-state index in [2.05, 4.69) is 5.32 Å². The molecule has 5 nitrogen and oxygen atoms in total. The number of aryl methyl sites for hydroxylation is 1. The number of hydrogen-bond donors (Lipinski definition) is 1. The fourth-order valence-corrected chi connectivity index (χ4v) is 2.82. The molecule has 23 heavy (non-hydrogen) atoms. The van der Waals surface area contributed by atoms with Gasteiger partial charge in [0.05, 0.1) is 5.39 Å². The molecule has 5 heteroatoms. The quantitative estimate of drug-likeness (QED) is 0.540. The molecule has 4 aromatic rings. The summed E-state index contributed by atoms with van der Waals surface area (Å²) in [5.74, 6) is -0.188. The Bertz CT molecular complexity index is 1150. The zero-order chi connectivity index (χ0) is 16.1. The maximum atomic E-state index is 12.4. The van der Waals surface area contributed by atoms with Crippen LogP contribution in [0.4, 0.5) is 5.69 Å². The number of fused-ring (bicyclic) bond motifs is 5. The number of nitrogens with one attached hydrogen (secondary N) is 1. The number of carbonyl (C=O) groups is 1. The molecular formula is C18H13NO4. The van der Waals surface area contributed by atoms with E-state index in [1.165, 1.54) is 6.92 Å². The standard InChI is InChI=1S/C18H13NO4/c1-9-3-5-12-14(7-9)22-17-13-6-4-11(19-10(2)20)8-15(13)23-18(21)16(12)17/h3-8H,1-2H3,(H,19,20). The molecule has 0 aliphatic rings.